The maximum atomic E-state index is 12.0. The molecule has 0 atom stereocenters. The number of H-pyrrole nitrogens is 1. The van der Waals surface area contributed by atoms with E-state index < -0.39 is 0 Å². The average Bonchev–Trinajstić information content (AvgIpc) is 3.16. The number of hydrogen-bond donors (Lipinski definition) is 3. The highest BCUT2D eigenvalue weighted by atomic mass is 16.1. The number of rotatable bonds is 3. The summed E-state index contributed by atoms with van der Waals surface area (Å²) in [6, 6.07) is 5.60. The number of fused-ring (bicyclic) bond motifs is 1. The second-order valence-electron chi connectivity index (χ2n) is 6.78. The molecule has 10 nitrogen and oxygen atoms in total. The topological polar surface area (TPSA) is 131 Å². The fourth-order valence-electron chi connectivity index (χ4n) is 3.50. The van der Waals surface area contributed by atoms with Crippen molar-refractivity contribution in [3.8, 4) is 16.9 Å². The van der Waals surface area contributed by atoms with E-state index in [0.29, 0.717) is 22.5 Å². The van der Waals surface area contributed by atoms with Crippen molar-refractivity contribution in [3.05, 3.63) is 53.5 Å². The molecule has 29 heavy (non-hydrogen) atoms. The number of nitrogen functional groups attached to an aromatic ring is 1. The Bertz CT molecular complexity index is 1220. The minimum Gasteiger partial charge on any atom is -0.382 e. The Morgan fingerprint density at radius 1 is 1.07 bits per heavy atom. The van der Waals surface area contributed by atoms with Gasteiger partial charge in [-0.3, -0.25) is 4.79 Å². The summed E-state index contributed by atoms with van der Waals surface area (Å²) >= 11 is 0. The fourth-order valence-corrected chi connectivity index (χ4v) is 3.50. The Morgan fingerprint density at radius 2 is 1.93 bits per heavy atom. The molecule has 0 amide bonds. The predicted molar refractivity (Wildman–Crippen MR) is 110 cm³/mol. The van der Waals surface area contributed by atoms with Crippen molar-refractivity contribution < 1.29 is 0 Å². The number of pyridine rings is 2. The van der Waals surface area contributed by atoms with Crippen LogP contribution in [0.5, 0.6) is 0 Å². The van der Waals surface area contributed by atoms with Crippen molar-refractivity contribution in [2.24, 2.45) is 0 Å². The molecule has 0 aromatic carbocycles. The van der Waals surface area contributed by atoms with Gasteiger partial charge in [0, 0.05) is 55.9 Å². The summed E-state index contributed by atoms with van der Waals surface area (Å²) in [5.41, 5.74) is 8.00. The number of hydrogen-bond acceptors (Lipinski definition) is 8. The highest BCUT2D eigenvalue weighted by Crippen LogP contribution is 2.27. The smallest absolute Gasteiger partial charge is 0.258 e. The van der Waals surface area contributed by atoms with Crippen molar-refractivity contribution in [2.75, 3.05) is 36.8 Å². The van der Waals surface area contributed by atoms with Crippen LogP contribution >= 0.6 is 0 Å². The number of anilines is 2. The third kappa shape index (κ3) is 3.09. The number of piperazine rings is 1. The van der Waals surface area contributed by atoms with Gasteiger partial charge in [-0.1, -0.05) is 0 Å². The van der Waals surface area contributed by atoms with E-state index >= 15 is 0 Å². The lowest BCUT2D eigenvalue weighted by molar-refractivity contribution is 0.585. The zero-order valence-electron chi connectivity index (χ0n) is 15.5. The van der Waals surface area contributed by atoms with Gasteiger partial charge in [-0.15, -0.1) is 5.10 Å². The van der Waals surface area contributed by atoms with Crippen LogP contribution in [0.1, 0.15) is 0 Å². The first-order valence-corrected chi connectivity index (χ1v) is 9.31. The number of nitrogens with zero attached hydrogens (tertiary/aromatic N) is 6. The van der Waals surface area contributed by atoms with Crippen LogP contribution in [0.4, 0.5) is 11.6 Å². The molecule has 0 unspecified atom stereocenters. The molecular weight excluding hydrogens is 370 g/mol. The molecule has 4 N–H and O–H groups in total. The van der Waals surface area contributed by atoms with E-state index in [-0.39, 0.29) is 5.56 Å². The van der Waals surface area contributed by atoms with Crippen LogP contribution in [0, 0.1) is 0 Å². The second kappa shape index (κ2) is 6.99. The van der Waals surface area contributed by atoms with Crippen LogP contribution in [0.25, 0.3) is 27.8 Å². The molecule has 0 spiro atoms. The van der Waals surface area contributed by atoms with Crippen LogP contribution in [0.2, 0.25) is 0 Å². The van der Waals surface area contributed by atoms with Gasteiger partial charge in [0.15, 0.2) is 11.6 Å². The molecule has 1 saturated heterocycles. The number of nitrogens with one attached hydrogen (secondary N) is 2. The Balaban J connectivity index is 1.51. The number of nitrogens with two attached hydrogens (primary N) is 1. The molecule has 0 radical (unpaired) electrons. The lowest BCUT2D eigenvalue weighted by Gasteiger charge is -2.28. The largest absolute Gasteiger partial charge is 0.382 e. The molecule has 5 rings (SSSR count). The van der Waals surface area contributed by atoms with Gasteiger partial charge >= 0.3 is 0 Å². The highest BCUT2D eigenvalue weighted by Gasteiger charge is 2.16. The number of aromatic nitrogens is 6. The summed E-state index contributed by atoms with van der Waals surface area (Å²) < 4.78 is 1.55. The van der Waals surface area contributed by atoms with Crippen LogP contribution in [0.3, 0.4) is 0 Å². The molecule has 1 aliphatic heterocycles. The van der Waals surface area contributed by atoms with E-state index in [1.54, 1.807) is 29.3 Å². The van der Waals surface area contributed by atoms with Gasteiger partial charge in [-0.2, -0.15) is 0 Å². The first kappa shape index (κ1) is 17.3. The Labute approximate surface area is 165 Å². The van der Waals surface area contributed by atoms with Crippen molar-refractivity contribution in [1.29, 1.82) is 0 Å². The van der Waals surface area contributed by atoms with E-state index in [4.69, 9.17) is 5.73 Å². The third-order valence-electron chi connectivity index (χ3n) is 5.00. The fraction of sp³-hybridized carbons (Fsp3) is 0.211. The lowest BCUT2D eigenvalue weighted by Crippen LogP contribution is -2.43. The summed E-state index contributed by atoms with van der Waals surface area (Å²) in [5.74, 6) is 1.74. The van der Waals surface area contributed by atoms with E-state index in [9.17, 15) is 4.79 Å². The Kier molecular flexibility index (Phi) is 4.17. The van der Waals surface area contributed by atoms with Gasteiger partial charge in [-0.25, -0.2) is 19.6 Å². The van der Waals surface area contributed by atoms with Crippen LogP contribution in [0.15, 0.2) is 47.9 Å². The summed E-state index contributed by atoms with van der Waals surface area (Å²) in [6.45, 7) is 3.78. The Hall–Kier alpha value is -3.79. The maximum Gasteiger partial charge on any atom is 0.258 e. The summed E-state index contributed by atoms with van der Waals surface area (Å²) in [5, 5.41) is 8.16. The average molecular weight is 389 g/mol. The van der Waals surface area contributed by atoms with Gasteiger partial charge in [0.25, 0.3) is 5.56 Å². The third-order valence-corrected chi connectivity index (χ3v) is 5.00. The van der Waals surface area contributed by atoms with Crippen molar-refractivity contribution in [2.45, 2.75) is 0 Å². The van der Waals surface area contributed by atoms with E-state index in [1.165, 1.54) is 6.33 Å². The molecule has 4 aromatic heterocycles. The molecule has 1 aliphatic rings. The molecule has 146 valence electrons. The van der Waals surface area contributed by atoms with Crippen LogP contribution < -0.4 is 21.5 Å². The molecule has 5 heterocycles. The quantitative estimate of drug-likeness (QED) is 0.463. The van der Waals surface area contributed by atoms with Gasteiger partial charge in [0.05, 0.1) is 11.7 Å². The molecule has 0 saturated carbocycles. The molecule has 10 heteroatoms. The second-order valence-corrected chi connectivity index (χ2v) is 6.78. The minimum atomic E-state index is -0.230. The molecule has 4 aromatic rings. The van der Waals surface area contributed by atoms with Gasteiger partial charge in [0.1, 0.15) is 11.3 Å². The van der Waals surface area contributed by atoms with E-state index in [0.717, 1.165) is 43.1 Å². The molecule has 1 fully saturated rings. The summed E-state index contributed by atoms with van der Waals surface area (Å²) in [4.78, 5) is 30.0. The predicted octanol–water partition coefficient (Wildman–Crippen LogP) is 0.558. The SMILES string of the molecule is Nc1nn(-c2nccc3c(=O)[nH]cnc23)cc1-c1ccc(N2CCNCC2)nc1. The van der Waals surface area contributed by atoms with Crippen LogP contribution in [-0.2, 0) is 0 Å². The first-order chi connectivity index (χ1) is 14.2. The van der Waals surface area contributed by atoms with Crippen molar-refractivity contribution in [3.63, 3.8) is 0 Å². The molecule has 0 aliphatic carbocycles. The zero-order chi connectivity index (χ0) is 19.8. The molecule has 0 bridgehead atoms. The van der Waals surface area contributed by atoms with Crippen molar-refractivity contribution >= 4 is 22.5 Å². The lowest BCUT2D eigenvalue weighted by atomic mass is 10.1. The standard InChI is InChI=1S/C19H19N9O/c20-17-14(12-1-2-15(23-9-12)27-7-5-21-6-8-27)10-28(26-17)18-16-13(3-4-22-18)19(29)25-11-24-16/h1-4,9-11,21H,5-8H2,(H2,20,26)(H,24,25,29). The Morgan fingerprint density at radius 3 is 2.72 bits per heavy atom. The van der Waals surface area contributed by atoms with E-state index in [1.807, 2.05) is 12.1 Å². The first-order valence-electron chi connectivity index (χ1n) is 9.31. The van der Waals surface area contributed by atoms with Crippen LogP contribution in [-0.4, -0.2) is 55.9 Å². The van der Waals surface area contributed by atoms with Gasteiger partial charge < -0.3 is 20.9 Å². The van der Waals surface area contributed by atoms with Crippen molar-refractivity contribution in [1.82, 2.24) is 35.0 Å². The monoisotopic (exact) mass is 389 g/mol. The van der Waals surface area contributed by atoms with E-state index in [2.05, 4.69) is 35.3 Å². The highest BCUT2D eigenvalue weighted by molar-refractivity contribution is 5.84. The molecular formula is C19H19N9O. The summed E-state index contributed by atoms with van der Waals surface area (Å²) in [7, 11) is 0. The summed E-state index contributed by atoms with van der Waals surface area (Å²) in [6.07, 6.45) is 6.48. The normalized spacial score (nSPS) is 14.4. The van der Waals surface area contributed by atoms with Gasteiger partial charge in [0.2, 0.25) is 0 Å². The number of aromatic amines is 1. The zero-order valence-corrected chi connectivity index (χ0v) is 15.5. The van der Waals surface area contributed by atoms with Gasteiger partial charge in [-0.05, 0) is 18.2 Å². The maximum absolute atomic E-state index is 12.0. The minimum absolute atomic E-state index is 0.230.